The van der Waals surface area contributed by atoms with E-state index in [0.717, 1.165) is 0 Å². The van der Waals surface area contributed by atoms with Gasteiger partial charge in [0, 0.05) is 0 Å². The highest BCUT2D eigenvalue weighted by Crippen LogP contribution is 2.42. The van der Waals surface area contributed by atoms with Gasteiger partial charge in [-0.05, 0) is 50.7 Å². The molecule has 0 amide bonds. The monoisotopic (exact) mass is 510 g/mol. The molecule has 0 N–H and O–H groups in total. The van der Waals surface area contributed by atoms with Gasteiger partial charge in [0.15, 0.2) is 0 Å². The summed E-state index contributed by atoms with van der Waals surface area (Å²) in [6, 6.07) is 33.6. The van der Waals surface area contributed by atoms with E-state index in [4.69, 9.17) is 0 Å². The van der Waals surface area contributed by atoms with Gasteiger partial charge in [0.1, 0.15) is 0 Å². The second-order valence-corrected chi connectivity index (χ2v) is 16.7. The molecule has 1 heteroatoms. The topological polar surface area (TPSA) is 0 Å². The first-order valence-corrected chi connectivity index (χ1v) is 17.0. The summed E-state index contributed by atoms with van der Waals surface area (Å²) >= 11 is -1.08. The van der Waals surface area contributed by atoms with Gasteiger partial charge in [0.2, 0.25) is 0 Å². The third-order valence-electron chi connectivity index (χ3n) is 10.3. The summed E-state index contributed by atoms with van der Waals surface area (Å²) in [6.07, 6.45) is 0. The van der Waals surface area contributed by atoms with Crippen LogP contribution in [0.15, 0.2) is 91.0 Å². The average Bonchev–Trinajstić information content (AvgIpc) is 2.89. The Kier molecular flexibility index (Phi) is 9.94. The van der Waals surface area contributed by atoms with Gasteiger partial charge in [-0.1, -0.05) is 169 Å². The maximum atomic E-state index is 2.52. The molecule has 0 fully saturated rings. The van der Waals surface area contributed by atoms with Crippen LogP contribution < -0.4 is 0 Å². The minimum atomic E-state index is -1.08. The molecule has 3 unspecified atom stereocenters. The highest BCUT2D eigenvalue weighted by molar-refractivity contribution is 6.59. The van der Waals surface area contributed by atoms with Crippen LogP contribution in [0, 0.1) is 17.8 Å². The molecule has 0 aromatic heterocycles. The highest BCUT2D eigenvalue weighted by atomic mass is 27.2. The predicted molar refractivity (Wildman–Crippen MR) is 166 cm³/mol. The van der Waals surface area contributed by atoms with E-state index >= 15 is 0 Å². The Morgan fingerprint density at radius 2 is 0.649 bits per heavy atom. The van der Waals surface area contributed by atoms with Crippen molar-refractivity contribution in [3.8, 4) is 0 Å². The van der Waals surface area contributed by atoms with E-state index in [0.29, 0.717) is 17.8 Å². The molecule has 3 atom stereocenters. The Hall–Kier alpha value is -1.81. The fourth-order valence-corrected chi connectivity index (χ4v) is 11.5. The lowest BCUT2D eigenvalue weighted by atomic mass is 9.75. The smallest absolute Gasteiger partial charge is 0.0904 e. The van der Waals surface area contributed by atoms with Crippen molar-refractivity contribution < 1.29 is 0 Å². The maximum Gasteiger partial charge on any atom is 0.262 e. The lowest BCUT2D eigenvalue weighted by molar-refractivity contribution is 0.344. The highest BCUT2D eigenvalue weighted by Gasteiger charge is 2.38. The summed E-state index contributed by atoms with van der Waals surface area (Å²) in [7, 11) is 0. The molecule has 0 bridgehead atoms. The van der Waals surface area contributed by atoms with Gasteiger partial charge in [-0.15, -0.1) is 0 Å². The molecule has 0 spiro atoms. The summed E-state index contributed by atoms with van der Waals surface area (Å²) in [5.41, 5.74) is 4.98. The molecule has 3 aromatic rings. The van der Waals surface area contributed by atoms with E-state index < -0.39 is 14.1 Å². The van der Waals surface area contributed by atoms with E-state index in [1.54, 1.807) is 0 Å². The van der Waals surface area contributed by atoms with Gasteiger partial charge >= 0.3 is 0 Å². The van der Waals surface area contributed by atoms with Gasteiger partial charge in [-0.25, -0.2) is 0 Å². The normalized spacial score (nSPS) is 15.2. The van der Waals surface area contributed by atoms with Gasteiger partial charge < -0.3 is 0 Å². The molecule has 37 heavy (non-hydrogen) atoms. The Balaban J connectivity index is 1.86. The van der Waals surface area contributed by atoms with Crippen LogP contribution in [0.25, 0.3) is 0 Å². The zero-order chi connectivity index (χ0) is 27.3. The van der Waals surface area contributed by atoms with Crippen LogP contribution in [0.2, 0.25) is 15.8 Å². The minimum absolute atomic E-state index is 0.183. The van der Waals surface area contributed by atoms with Crippen LogP contribution in [0.5, 0.6) is 0 Å². The van der Waals surface area contributed by atoms with Crippen molar-refractivity contribution in [2.75, 3.05) is 0 Å². The maximum absolute atomic E-state index is 2.52. The number of benzene rings is 3. The summed E-state index contributed by atoms with van der Waals surface area (Å²) < 4.78 is 0. The Morgan fingerprint density at radius 3 is 0.865 bits per heavy atom. The van der Waals surface area contributed by atoms with Crippen molar-refractivity contribution in [3.05, 3.63) is 108 Å². The van der Waals surface area contributed by atoms with E-state index in [1.165, 1.54) is 32.5 Å². The molecule has 3 rings (SSSR count). The summed E-state index contributed by atoms with van der Waals surface area (Å²) in [4.78, 5) is 0. The van der Waals surface area contributed by atoms with Gasteiger partial charge in [-0.2, -0.15) is 0 Å². The minimum Gasteiger partial charge on any atom is -0.0904 e. The zero-order valence-electron chi connectivity index (χ0n) is 25.1. The van der Waals surface area contributed by atoms with Crippen LogP contribution in [0.1, 0.15) is 79.0 Å². The van der Waals surface area contributed by atoms with Crippen LogP contribution >= 0.6 is 0 Å². The molecule has 0 aliphatic carbocycles. The van der Waals surface area contributed by atoms with E-state index in [2.05, 4.69) is 153 Å². The molecule has 0 nitrogen and oxygen atoms in total. The molecular formula is C36H51Al. The van der Waals surface area contributed by atoms with Crippen molar-refractivity contribution >= 4 is 14.1 Å². The van der Waals surface area contributed by atoms with Gasteiger partial charge in [-0.3, -0.25) is 0 Å². The zero-order valence-corrected chi connectivity index (χ0v) is 26.2. The Morgan fingerprint density at radius 1 is 0.432 bits per heavy atom. The molecule has 0 saturated carbocycles. The summed E-state index contributed by atoms with van der Waals surface area (Å²) in [6.45, 7) is 22.4. The first kappa shape index (κ1) is 29.7. The van der Waals surface area contributed by atoms with E-state index in [-0.39, 0.29) is 16.2 Å². The Labute approximate surface area is 233 Å². The van der Waals surface area contributed by atoms with Gasteiger partial charge in [0.25, 0.3) is 14.1 Å². The molecule has 0 radical (unpaired) electrons. The summed E-state index contributed by atoms with van der Waals surface area (Å²) in [5, 5.41) is 4.19. The lowest BCUT2D eigenvalue weighted by Gasteiger charge is -2.39. The molecule has 0 heterocycles. The number of hydrogen-bond acceptors (Lipinski definition) is 0. The quantitative estimate of drug-likeness (QED) is 0.213. The molecule has 3 aromatic carbocycles. The molecule has 0 aliphatic heterocycles. The first-order chi connectivity index (χ1) is 17.4. The number of rotatable bonds is 12. The fourth-order valence-electron chi connectivity index (χ4n) is 6.13. The van der Waals surface area contributed by atoms with Crippen LogP contribution in [-0.4, -0.2) is 14.1 Å². The summed E-state index contributed by atoms with van der Waals surface area (Å²) in [5.74, 6) is 1.97. The van der Waals surface area contributed by atoms with Crippen molar-refractivity contribution in [2.45, 2.75) is 94.4 Å². The SMILES string of the molecule is CC([CH2][Al]([CH2]C(C)C(C)(C)c1ccccc1)[CH2]C(C)C(C)(C)c1ccccc1)C(C)(C)c1ccccc1. The lowest BCUT2D eigenvalue weighted by Crippen LogP contribution is -2.37. The van der Waals surface area contributed by atoms with Crippen molar-refractivity contribution in [1.29, 1.82) is 0 Å². The molecule has 0 aliphatic rings. The van der Waals surface area contributed by atoms with Crippen LogP contribution in [0.3, 0.4) is 0 Å². The molecule has 0 saturated heterocycles. The number of hydrogen-bond donors (Lipinski definition) is 0. The standard InChI is InChI=1S/3C12H17.Al/c3*1-10(2)12(3,4)11-8-6-5-7-9-11;/h3*5-10H,1H2,2-4H3;. The first-order valence-electron chi connectivity index (χ1n) is 14.5. The predicted octanol–water partition coefficient (Wildman–Crippen LogP) is 10.3. The van der Waals surface area contributed by atoms with Crippen molar-refractivity contribution in [3.63, 3.8) is 0 Å². The van der Waals surface area contributed by atoms with E-state index in [1.807, 2.05) is 0 Å². The fraction of sp³-hybridized carbons (Fsp3) is 0.500. The Bertz CT molecular complexity index is 924. The average molecular weight is 511 g/mol. The third-order valence-corrected chi connectivity index (χ3v) is 14.4. The largest absolute Gasteiger partial charge is 0.262 e. The van der Waals surface area contributed by atoms with Crippen LogP contribution in [-0.2, 0) is 16.2 Å². The van der Waals surface area contributed by atoms with Gasteiger partial charge in [0.05, 0.1) is 0 Å². The van der Waals surface area contributed by atoms with E-state index in [9.17, 15) is 0 Å². The van der Waals surface area contributed by atoms with Crippen molar-refractivity contribution in [2.24, 2.45) is 17.8 Å². The van der Waals surface area contributed by atoms with Crippen molar-refractivity contribution in [1.82, 2.24) is 0 Å². The third kappa shape index (κ3) is 7.19. The molecule has 198 valence electrons. The molecular weight excluding hydrogens is 459 g/mol. The second kappa shape index (κ2) is 12.4. The van der Waals surface area contributed by atoms with Crippen LogP contribution in [0.4, 0.5) is 0 Å². The second-order valence-electron chi connectivity index (χ2n) is 13.5.